The summed E-state index contributed by atoms with van der Waals surface area (Å²) in [5, 5.41) is 3.08. The smallest absolute Gasteiger partial charge is 0.325 e. The van der Waals surface area contributed by atoms with Crippen molar-refractivity contribution in [2.45, 2.75) is 26.7 Å². The molecule has 0 spiro atoms. The summed E-state index contributed by atoms with van der Waals surface area (Å²) >= 11 is 0. The lowest BCUT2D eigenvalue weighted by molar-refractivity contribution is -0.149. The fourth-order valence-corrected chi connectivity index (χ4v) is 2.03. The number of hydrogen-bond acceptors (Lipinski definition) is 4. The van der Waals surface area contributed by atoms with E-state index in [0.717, 1.165) is 25.9 Å². The standard InChI is InChI=1S/C13H24N2O3/c1-4-10(5-2)8-15(9-12(16)18-3)13(17)11-6-14-7-11/h10-11,14H,4-9H2,1-3H3. The topological polar surface area (TPSA) is 58.6 Å². The third kappa shape index (κ3) is 3.98. The number of rotatable bonds is 7. The Morgan fingerprint density at radius 2 is 1.94 bits per heavy atom. The summed E-state index contributed by atoms with van der Waals surface area (Å²) in [4.78, 5) is 25.3. The Kier molecular flexibility index (Phi) is 6.12. The first kappa shape index (κ1) is 15.0. The summed E-state index contributed by atoms with van der Waals surface area (Å²) < 4.78 is 4.66. The van der Waals surface area contributed by atoms with Gasteiger partial charge in [0, 0.05) is 19.6 Å². The number of amides is 1. The Morgan fingerprint density at radius 1 is 1.33 bits per heavy atom. The van der Waals surface area contributed by atoms with E-state index in [1.54, 1.807) is 4.90 Å². The van der Waals surface area contributed by atoms with Crippen LogP contribution in [0.4, 0.5) is 0 Å². The average Bonchev–Trinajstić information content (AvgIpc) is 2.31. The summed E-state index contributed by atoms with van der Waals surface area (Å²) in [6.45, 7) is 6.39. The second kappa shape index (κ2) is 7.36. The van der Waals surface area contributed by atoms with Gasteiger partial charge in [-0.15, -0.1) is 0 Å². The minimum atomic E-state index is -0.346. The zero-order chi connectivity index (χ0) is 13.5. The maximum absolute atomic E-state index is 12.2. The quantitative estimate of drug-likeness (QED) is 0.679. The van der Waals surface area contributed by atoms with E-state index in [1.165, 1.54) is 7.11 Å². The number of methoxy groups -OCH3 is 1. The molecule has 18 heavy (non-hydrogen) atoms. The number of carbonyl (C=O) groups is 2. The highest BCUT2D eigenvalue weighted by atomic mass is 16.5. The molecule has 0 bridgehead atoms. The van der Waals surface area contributed by atoms with E-state index in [0.29, 0.717) is 12.5 Å². The lowest BCUT2D eigenvalue weighted by Gasteiger charge is -2.33. The zero-order valence-corrected chi connectivity index (χ0v) is 11.6. The summed E-state index contributed by atoms with van der Waals surface area (Å²) in [5.74, 6) is 0.211. The molecule has 0 aromatic heterocycles. The average molecular weight is 256 g/mol. The molecule has 1 rings (SSSR count). The predicted molar refractivity (Wildman–Crippen MR) is 69.0 cm³/mol. The fraction of sp³-hybridized carbons (Fsp3) is 0.846. The molecule has 5 heteroatoms. The summed E-state index contributed by atoms with van der Waals surface area (Å²) in [6, 6.07) is 0. The number of nitrogens with zero attached hydrogens (tertiary/aromatic N) is 1. The van der Waals surface area contributed by atoms with Gasteiger partial charge in [0.15, 0.2) is 0 Å². The van der Waals surface area contributed by atoms with Crippen molar-refractivity contribution in [3.8, 4) is 0 Å². The Bertz CT molecular complexity index is 286. The molecule has 0 aromatic rings. The fourth-order valence-electron chi connectivity index (χ4n) is 2.03. The highest BCUT2D eigenvalue weighted by Gasteiger charge is 2.31. The SMILES string of the molecule is CCC(CC)CN(CC(=O)OC)C(=O)C1CNC1. The van der Waals surface area contributed by atoms with Gasteiger partial charge < -0.3 is 15.0 Å². The van der Waals surface area contributed by atoms with Crippen LogP contribution >= 0.6 is 0 Å². The van der Waals surface area contributed by atoms with Crippen LogP contribution in [0, 0.1) is 11.8 Å². The molecule has 1 aliphatic heterocycles. The molecule has 1 aliphatic rings. The molecule has 0 unspecified atom stereocenters. The molecule has 104 valence electrons. The second-order valence-corrected chi connectivity index (χ2v) is 4.83. The Labute approximate surface area is 109 Å². The lowest BCUT2D eigenvalue weighted by Crippen LogP contribution is -2.53. The number of hydrogen-bond donors (Lipinski definition) is 1. The Morgan fingerprint density at radius 3 is 2.33 bits per heavy atom. The van der Waals surface area contributed by atoms with Gasteiger partial charge >= 0.3 is 5.97 Å². The predicted octanol–water partition coefficient (Wildman–Crippen LogP) is 0.644. The van der Waals surface area contributed by atoms with Gasteiger partial charge in [-0.3, -0.25) is 9.59 Å². The van der Waals surface area contributed by atoms with Gasteiger partial charge in [-0.1, -0.05) is 26.7 Å². The first-order chi connectivity index (χ1) is 8.62. The molecule has 1 saturated heterocycles. The lowest BCUT2D eigenvalue weighted by atomic mass is 9.98. The minimum Gasteiger partial charge on any atom is -0.468 e. The molecule has 0 aromatic carbocycles. The zero-order valence-electron chi connectivity index (χ0n) is 11.6. The minimum absolute atomic E-state index is 0.0315. The van der Waals surface area contributed by atoms with Crippen LogP contribution in [0.1, 0.15) is 26.7 Å². The monoisotopic (exact) mass is 256 g/mol. The summed E-state index contributed by atoms with van der Waals surface area (Å²) in [6.07, 6.45) is 2.04. The molecule has 1 heterocycles. The molecule has 1 fully saturated rings. The van der Waals surface area contributed by atoms with E-state index in [2.05, 4.69) is 23.9 Å². The van der Waals surface area contributed by atoms with E-state index in [4.69, 9.17) is 0 Å². The number of ether oxygens (including phenoxy) is 1. The number of carbonyl (C=O) groups excluding carboxylic acids is 2. The number of nitrogens with one attached hydrogen (secondary N) is 1. The first-order valence-electron chi connectivity index (χ1n) is 6.68. The van der Waals surface area contributed by atoms with Crippen LogP contribution in [-0.4, -0.2) is 50.1 Å². The van der Waals surface area contributed by atoms with E-state index in [-0.39, 0.29) is 24.3 Å². The van der Waals surface area contributed by atoms with Crippen LogP contribution in [0.5, 0.6) is 0 Å². The van der Waals surface area contributed by atoms with Crippen LogP contribution < -0.4 is 5.32 Å². The van der Waals surface area contributed by atoms with Crippen LogP contribution in [0.2, 0.25) is 0 Å². The third-order valence-corrected chi connectivity index (χ3v) is 3.62. The maximum atomic E-state index is 12.2. The summed E-state index contributed by atoms with van der Waals surface area (Å²) in [7, 11) is 1.35. The van der Waals surface area contributed by atoms with Crippen LogP contribution in [0.15, 0.2) is 0 Å². The van der Waals surface area contributed by atoms with Gasteiger partial charge in [0.05, 0.1) is 13.0 Å². The van der Waals surface area contributed by atoms with Crippen molar-refractivity contribution in [2.75, 3.05) is 33.3 Å². The molecular formula is C13H24N2O3. The van der Waals surface area contributed by atoms with E-state index >= 15 is 0 Å². The van der Waals surface area contributed by atoms with Crippen molar-refractivity contribution < 1.29 is 14.3 Å². The molecule has 5 nitrogen and oxygen atoms in total. The Hall–Kier alpha value is -1.10. The van der Waals surface area contributed by atoms with Gasteiger partial charge in [-0.25, -0.2) is 0 Å². The van der Waals surface area contributed by atoms with Crippen LogP contribution in [0.25, 0.3) is 0 Å². The number of esters is 1. The van der Waals surface area contributed by atoms with Crippen molar-refractivity contribution in [1.29, 1.82) is 0 Å². The van der Waals surface area contributed by atoms with Crippen LogP contribution in [-0.2, 0) is 14.3 Å². The van der Waals surface area contributed by atoms with E-state index < -0.39 is 0 Å². The van der Waals surface area contributed by atoms with Crippen molar-refractivity contribution in [3.63, 3.8) is 0 Å². The van der Waals surface area contributed by atoms with E-state index in [1.807, 2.05) is 0 Å². The van der Waals surface area contributed by atoms with Gasteiger partial charge in [0.25, 0.3) is 0 Å². The van der Waals surface area contributed by atoms with Gasteiger partial charge in [0.2, 0.25) is 5.91 Å². The molecule has 1 amide bonds. The molecule has 1 N–H and O–H groups in total. The Balaban J connectivity index is 2.60. The first-order valence-corrected chi connectivity index (χ1v) is 6.68. The second-order valence-electron chi connectivity index (χ2n) is 4.83. The van der Waals surface area contributed by atoms with Gasteiger partial charge in [-0.2, -0.15) is 0 Å². The van der Waals surface area contributed by atoms with Crippen molar-refractivity contribution in [1.82, 2.24) is 10.2 Å². The molecule has 0 atom stereocenters. The highest BCUT2D eigenvalue weighted by Crippen LogP contribution is 2.14. The summed E-state index contributed by atoms with van der Waals surface area (Å²) in [5.41, 5.74) is 0. The molecule has 0 radical (unpaired) electrons. The molecule has 0 aliphatic carbocycles. The molecular weight excluding hydrogens is 232 g/mol. The normalized spacial score (nSPS) is 15.3. The maximum Gasteiger partial charge on any atom is 0.325 e. The van der Waals surface area contributed by atoms with Crippen LogP contribution in [0.3, 0.4) is 0 Å². The highest BCUT2D eigenvalue weighted by molar-refractivity contribution is 5.84. The van der Waals surface area contributed by atoms with Crippen molar-refractivity contribution in [2.24, 2.45) is 11.8 Å². The van der Waals surface area contributed by atoms with Crippen molar-refractivity contribution in [3.05, 3.63) is 0 Å². The largest absolute Gasteiger partial charge is 0.468 e. The third-order valence-electron chi connectivity index (χ3n) is 3.62. The van der Waals surface area contributed by atoms with Gasteiger partial charge in [0.1, 0.15) is 6.54 Å². The molecule has 0 saturated carbocycles. The van der Waals surface area contributed by atoms with Crippen molar-refractivity contribution >= 4 is 11.9 Å². The van der Waals surface area contributed by atoms with E-state index in [9.17, 15) is 9.59 Å². The van der Waals surface area contributed by atoms with Gasteiger partial charge in [-0.05, 0) is 5.92 Å².